The number of nitrogens with zero attached hydrogens (tertiary/aromatic N) is 4. The number of H-pyrrole nitrogens is 1. The molecule has 1 aliphatic heterocycles. The first kappa shape index (κ1) is 12.4. The number of fused-ring (bicyclic) bond motifs is 1. The Hall–Kier alpha value is -1.62. The normalized spacial score (nSPS) is 19.7. The third-order valence-electron chi connectivity index (χ3n) is 4.00. The highest BCUT2D eigenvalue weighted by atomic mass is 15.3. The summed E-state index contributed by atoms with van der Waals surface area (Å²) in [5.41, 5.74) is 0.926. The molecule has 0 bridgehead atoms. The lowest BCUT2D eigenvalue weighted by Crippen LogP contribution is -2.35. The van der Waals surface area contributed by atoms with Crippen LogP contribution in [0.2, 0.25) is 0 Å². The molecule has 1 saturated heterocycles. The van der Waals surface area contributed by atoms with E-state index in [4.69, 9.17) is 0 Å². The summed E-state index contributed by atoms with van der Waals surface area (Å²) in [7, 11) is 2.23. The van der Waals surface area contributed by atoms with E-state index >= 15 is 0 Å². The van der Waals surface area contributed by atoms with Crippen LogP contribution < -0.4 is 4.90 Å². The Morgan fingerprint density at radius 1 is 1.47 bits per heavy atom. The van der Waals surface area contributed by atoms with E-state index in [0.717, 1.165) is 29.9 Å². The van der Waals surface area contributed by atoms with Crippen LogP contribution in [0.5, 0.6) is 0 Å². The van der Waals surface area contributed by atoms with E-state index < -0.39 is 0 Å². The maximum Gasteiger partial charge on any atom is 0.142 e. The number of aromatic amines is 1. The highest BCUT2D eigenvalue weighted by molar-refractivity contribution is 5.87. The van der Waals surface area contributed by atoms with Gasteiger partial charge in [0.25, 0.3) is 0 Å². The first-order chi connectivity index (χ1) is 9.29. The first-order valence-corrected chi connectivity index (χ1v) is 7.03. The van der Waals surface area contributed by atoms with E-state index in [-0.39, 0.29) is 0 Å². The maximum absolute atomic E-state index is 4.48. The van der Waals surface area contributed by atoms with Crippen LogP contribution in [-0.2, 0) is 0 Å². The van der Waals surface area contributed by atoms with Gasteiger partial charge in [0.15, 0.2) is 0 Å². The van der Waals surface area contributed by atoms with Crippen LogP contribution in [0.1, 0.15) is 19.8 Å². The Balaban J connectivity index is 1.79. The van der Waals surface area contributed by atoms with E-state index in [2.05, 4.69) is 44.8 Å². The molecule has 0 saturated carbocycles. The van der Waals surface area contributed by atoms with E-state index in [1.165, 1.54) is 19.4 Å². The summed E-state index contributed by atoms with van der Waals surface area (Å²) >= 11 is 0. The molecule has 3 rings (SSSR count). The molecular weight excluding hydrogens is 238 g/mol. The lowest BCUT2D eigenvalue weighted by Gasteiger charge is -2.24. The highest BCUT2D eigenvalue weighted by Crippen LogP contribution is 2.26. The molecule has 2 aromatic heterocycles. The molecule has 1 fully saturated rings. The number of rotatable bonds is 4. The highest BCUT2D eigenvalue weighted by Gasteiger charge is 2.27. The average Bonchev–Trinajstić information content (AvgIpc) is 3.07. The topological polar surface area (TPSA) is 48.1 Å². The van der Waals surface area contributed by atoms with E-state index in [0.29, 0.717) is 6.04 Å². The van der Waals surface area contributed by atoms with Gasteiger partial charge in [0.05, 0.1) is 5.39 Å². The molecule has 0 unspecified atom stereocenters. The Kier molecular flexibility index (Phi) is 3.38. The van der Waals surface area contributed by atoms with Gasteiger partial charge in [-0.15, -0.1) is 0 Å². The molecule has 0 aliphatic carbocycles. The van der Waals surface area contributed by atoms with Crippen LogP contribution in [0.25, 0.3) is 11.0 Å². The molecule has 2 aromatic rings. The average molecular weight is 259 g/mol. The molecule has 3 heterocycles. The SMILES string of the molecule is CCCN(C)[C@@H]1CCN(c2ncnc3[nH]ccc23)C1. The van der Waals surface area contributed by atoms with E-state index in [1.807, 2.05) is 6.20 Å². The van der Waals surface area contributed by atoms with Gasteiger partial charge < -0.3 is 14.8 Å². The molecule has 5 heteroatoms. The fraction of sp³-hybridized carbons (Fsp3) is 0.571. The molecule has 1 N–H and O–H groups in total. The van der Waals surface area contributed by atoms with Crippen molar-refractivity contribution in [1.29, 1.82) is 0 Å². The smallest absolute Gasteiger partial charge is 0.142 e. The van der Waals surface area contributed by atoms with Gasteiger partial charge in [0.1, 0.15) is 17.8 Å². The Labute approximate surface area is 113 Å². The predicted octanol–water partition coefficient (Wildman–Crippen LogP) is 1.88. The van der Waals surface area contributed by atoms with Crippen molar-refractivity contribution in [3.8, 4) is 0 Å². The number of likely N-dealkylation sites (N-methyl/N-ethyl adjacent to an activating group) is 1. The first-order valence-electron chi connectivity index (χ1n) is 7.03. The Bertz CT molecular complexity index is 550. The van der Waals surface area contributed by atoms with Gasteiger partial charge in [-0.05, 0) is 32.5 Å². The summed E-state index contributed by atoms with van der Waals surface area (Å²) in [6.07, 6.45) is 6.01. The third kappa shape index (κ3) is 2.30. The van der Waals surface area contributed by atoms with Gasteiger partial charge in [-0.25, -0.2) is 9.97 Å². The minimum atomic E-state index is 0.643. The van der Waals surface area contributed by atoms with Gasteiger partial charge in [0, 0.05) is 25.3 Å². The van der Waals surface area contributed by atoms with Crippen LogP contribution in [0.15, 0.2) is 18.6 Å². The van der Waals surface area contributed by atoms with Crippen molar-refractivity contribution >= 4 is 16.9 Å². The minimum Gasteiger partial charge on any atom is -0.354 e. The summed E-state index contributed by atoms with van der Waals surface area (Å²) in [4.78, 5) is 16.7. The van der Waals surface area contributed by atoms with Gasteiger partial charge in [-0.1, -0.05) is 6.92 Å². The minimum absolute atomic E-state index is 0.643. The van der Waals surface area contributed by atoms with E-state index in [1.54, 1.807) is 6.33 Å². The lowest BCUT2D eigenvalue weighted by molar-refractivity contribution is 0.259. The number of hydrogen-bond donors (Lipinski definition) is 1. The fourth-order valence-corrected chi connectivity index (χ4v) is 2.94. The quantitative estimate of drug-likeness (QED) is 0.910. The number of hydrogen-bond acceptors (Lipinski definition) is 4. The molecule has 5 nitrogen and oxygen atoms in total. The Morgan fingerprint density at radius 2 is 2.37 bits per heavy atom. The van der Waals surface area contributed by atoms with Crippen molar-refractivity contribution in [2.24, 2.45) is 0 Å². The summed E-state index contributed by atoms with van der Waals surface area (Å²) in [6.45, 7) is 5.54. The number of aromatic nitrogens is 3. The van der Waals surface area contributed by atoms with Crippen LogP contribution in [-0.4, -0.2) is 52.6 Å². The molecule has 1 aliphatic rings. The van der Waals surface area contributed by atoms with Crippen molar-refractivity contribution in [2.45, 2.75) is 25.8 Å². The van der Waals surface area contributed by atoms with Crippen LogP contribution in [0.4, 0.5) is 5.82 Å². The second-order valence-electron chi connectivity index (χ2n) is 5.31. The van der Waals surface area contributed by atoms with Gasteiger partial charge >= 0.3 is 0 Å². The fourth-order valence-electron chi connectivity index (χ4n) is 2.94. The number of nitrogens with one attached hydrogen (secondary N) is 1. The maximum atomic E-state index is 4.48. The van der Waals surface area contributed by atoms with Gasteiger partial charge in [-0.3, -0.25) is 0 Å². The zero-order valence-electron chi connectivity index (χ0n) is 11.6. The summed E-state index contributed by atoms with van der Waals surface area (Å²) < 4.78 is 0. The molecule has 0 spiro atoms. The molecule has 102 valence electrons. The summed E-state index contributed by atoms with van der Waals surface area (Å²) in [5, 5.41) is 1.13. The largest absolute Gasteiger partial charge is 0.354 e. The van der Waals surface area contributed by atoms with Crippen molar-refractivity contribution in [3.63, 3.8) is 0 Å². The molecule has 1 atom stereocenters. The monoisotopic (exact) mass is 259 g/mol. The molecular formula is C14H21N5. The molecule has 0 radical (unpaired) electrons. The lowest BCUT2D eigenvalue weighted by atomic mass is 10.2. The van der Waals surface area contributed by atoms with Gasteiger partial charge in [0.2, 0.25) is 0 Å². The standard InChI is InChI=1S/C14H21N5/c1-3-7-18(2)11-5-8-19(9-11)14-12-4-6-15-13(12)16-10-17-14/h4,6,10-11H,3,5,7-9H2,1-2H3,(H,15,16,17)/t11-/m1/s1. The second kappa shape index (κ2) is 5.17. The van der Waals surface area contributed by atoms with E-state index in [9.17, 15) is 0 Å². The summed E-state index contributed by atoms with van der Waals surface area (Å²) in [6, 6.07) is 2.71. The zero-order chi connectivity index (χ0) is 13.2. The van der Waals surface area contributed by atoms with Crippen LogP contribution in [0.3, 0.4) is 0 Å². The predicted molar refractivity (Wildman–Crippen MR) is 77.4 cm³/mol. The molecule has 19 heavy (non-hydrogen) atoms. The van der Waals surface area contributed by atoms with Crippen LogP contribution >= 0.6 is 0 Å². The van der Waals surface area contributed by atoms with Crippen molar-refractivity contribution < 1.29 is 0 Å². The second-order valence-corrected chi connectivity index (χ2v) is 5.31. The number of anilines is 1. The Morgan fingerprint density at radius 3 is 3.21 bits per heavy atom. The van der Waals surface area contributed by atoms with Crippen molar-refractivity contribution in [2.75, 3.05) is 31.6 Å². The summed E-state index contributed by atoms with van der Waals surface area (Å²) in [5.74, 6) is 1.07. The van der Waals surface area contributed by atoms with Gasteiger partial charge in [-0.2, -0.15) is 0 Å². The van der Waals surface area contributed by atoms with Crippen molar-refractivity contribution in [1.82, 2.24) is 19.9 Å². The zero-order valence-corrected chi connectivity index (χ0v) is 11.6. The molecule has 0 amide bonds. The van der Waals surface area contributed by atoms with Crippen LogP contribution in [0, 0.1) is 0 Å². The third-order valence-corrected chi connectivity index (χ3v) is 4.00. The van der Waals surface area contributed by atoms with Crippen molar-refractivity contribution in [3.05, 3.63) is 18.6 Å². The molecule has 0 aromatic carbocycles.